The Balaban J connectivity index is 1.80. The Kier molecular flexibility index (Phi) is 3.31. The van der Waals surface area contributed by atoms with Crippen LogP contribution in [-0.4, -0.2) is 19.5 Å². The van der Waals surface area contributed by atoms with E-state index in [1.165, 1.54) is 11.1 Å². The molecular weight excluding hydrogens is 196 g/mol. The standard InChI is InChI=1S/C12H15F2N/c13-12(14)8-15-7-9-5-10-3-1-2-4-11(10)6-9/h1-4,9,12,15H,5-8H2. The second-order valence-electron chi connectivity index (χ2n) is 4.09. The summed E-state index contributed by atoms with van der Waals surface area (Å²) >= 11 is 0. The summed E-state index contributed by atoms with van der Waals surface area (Å²) in [4.78, 5) is 0. The van der Waals surface area contributed by atoms with Crippen molar-refractivity contribution in [3.05, 3.63) is 35.4 Å². The summed E-state index contributed by atoms with van der Waals surface area (Å²) in [5.41, 5.74) is 2.75. The first-order valence-electron chi connectivity index (χ1n) is 5.31. The van der Waals surface area contributed by atoms with Crippen molar-refractivity contribution in [1.82, 2.24) is 5.32 Å². The van der Waals surface area contributed by atoms with E-state index >= 15 is 0 Å². The van der Waals surface area contributed by atoms with E-state index in [2.05, 4.69) is 17.4 Å². The summed E-state index contributed by atoms with van der Waals surface area (Å²) in [5.74, 6) is 0.487. The molecular formula is C12H15F2N. The molecule has 0 unspecified atom stereocenters. The summed E-state index contributed by atoms with van der Waals surface area (Å²) in [5, 5.41) is 2.81. The van der Waals surface area contributed by atoms with Crippen molar-refractivity contribution in [3.8, 4) is 0 Å². The minimum atomic E-state index is -2.24. The normalized spacial score (nSPS) is 15.9. The van der Waals surface area contributed by atoms with E-state index in [0.29, 0.717) is 12.5 Å². The number of fused-ring (bicyclic) bond motifs is 1. The minimum Gasteiger partial charge on any atom is -0.311 e. The lowest BCUT2D eigenvalue weighted by Crippen LogP contribution is -2.27. The quantitative estimate of drug-likeness (QED) is 0.805. The molecule has 0 atom stereocenters. The Morgan fingerprint density at radius 3 is 2.33 bits per heavy atom. The van der Waals surface area contributed by atoms with Gasteiger partial charge in [0.25, 0.3) is 6.43 Å². The molecule has 0 spiro atoms. The summed E-state index contributed by atoms with van der Waals surface area (Å²) in [6, 6.07) is 8.33. The maximum absolute atomic E-state index is 11.9. The Hall–Kier alpha value is -0.960. The van der Waals surface area contributed by atoms with Gasteiger partial charge in [-0.25, -0.2) is 8.78 Å². The first kappa shape index (κ1) is 10.6. The maximum atomic E-state index is 11.9. The van der Waals surface area contributed by atoms with Crippen LogP contribution >= 0.6 is 0 Å². The number of rotatable bonds is 4. The zero-order chi connectivity index (χ0) is 10.7. The number of hydrogen-bond donors (Lipinski definition) is 1. The summed E-state index contributed by atoms with van der Waals surface area (Å²) in [6.07, 6.45) is -0.201. The monoisotopic (exact) mass is 211 g/mol. The SMILES string of the molecule is FC(F)CNCC1Cc2ccccc2C1. The van der Waals surface area contributed by atoms with Crippen LogP contribution in [0, 0.1) is 5.92 Å². The van der Waals surface area contributed by atoms with Gasteiger partial charge in [-0.1, -0.05) is 24.3 Å². The van der Waals surface area contributed by atoms with E-state index in [4.69, 9.17) is 0 Å². The van der Waals surface area contributed by atoms with Gasteiger partial charge in [-0.15, -0.1) is 0 Å². The van der Waals surface area contributed by atoms with Crippen LogP contribution in [0.5, 0.6) is 0 Å². The van der Waals surface area contributed by atoms with Gasteiger partial charge in [0.05, 0.1) is 6.54 Å². The van der Waals surface area contributed by atoms with Crippen LogP contribution in [0.15, 0.2) is 24.3 Å². The average molecular weight is 211 g/mol. The molecule has 0 saturated heterocycles. The smallest absolute Gasteiger partial charge is 0.250 e. The lowest BCUT2D eigenvalue weighted by Gasteiger charge is -2.09. The Bertz CT molecular complexity index is 300. The highest BCUT2D eigenvalue weighted by Gasteiger charge is 2.20. The first-order valence-corrected chi connectivity index (χ1v) is 5.31. The van der Waals surface area contributed by atoms with Gasteiger partial charge in [0.15, 0.2) is 0 Å². The molecule has 0 aliphatic heterocycles. The third-order valence-corrected chi connectivity index (χ3v) is 2.87. The Morgan fingerprint density at radius 2 is 1.80 bits per heavy atom. The number of hydrogen-bond acceptors (Lipinski definition) is 1. The highest BCUT2D eigenvalue weighted by molar-refractivity contribution is 5.32. The molecule has 0 bridgehead atoms. The lowest BCUT2D eigenvalue weighted by molar-refractivity contribution is 0.144. The molecule has 2 rings (SSSR count). The Labute approximate surface area is 88.5 Å². The van der Waals surface area contributed by atoms with Crippen molar-refractivity contribution in [2.75, 3.05) is 13.1 Å². The summed E-state index contributed by atoms with van der Waals surface area (Å²) in [7, 11) is 0. The number of nitrogens with one attached hydrogen (secondary N) is 1. The van der Waals surface area contributed by atoms with Gasteiger partial charge in [0, 0.05) is 0 Å². The topological polar surface area (TPSA) is 12.0 Å². The Morgan fingerprint density at radius 1 is 1.20 bits per heavy atom. The number of alkyl halides is 2. The number of halogens is 2. The fourth-order valence-corrected chi connectivity index (χ4v) is 2.19. The lowest BCUT2D eigenvalue weighted by atomic mass is 10.1. The largest absolute Gasteiger partial charge is 0.311 e. The van der Waals surface area contributed by atoms with Crippen molar-refractivity contribution >= 4 is 0 Å². The zero-order valence-corrected chi connectivity index (χ0v) is 8.55. The average Bonchev–Trinajstić information content (AvgIpc) is 2.59. The molecule has 1 aromatic carbocycles. The fourth-order valence-electron chi connectivity index (χ4n) is 2.19. The van der Waals surface area contributed by atoms with Crippen LogP contribution in [-0.2, 0) is 12.8 Å². The molecule has 1 aliphatic carbocycles. The van der Waals surface area contributed by atoms with E-state index in [-0.39, 0.29) is 6.54 Å². The fraction of sp³-hybridized carbons (Fsp3) is 0.500. The van der Waals surface area contributed by atoms with Crippen LogP contribution in [0.25, 0.3) is 0 Å². The van der Waals surface area contributed by atoms with Crippen molar-refractivity contribution < 1.29 is 8.78 Å². The van der Waals surface area contributed by atoms with Crippen molar-refractivity contribution in [2.45, 2.75) is 19.3 Å². The molecule has 0 amide bonds. The molecule has 1 aliphatic rings. The predicted octanol–water partition coefficient (Wildman–Crippen LogP) is 2.26. The molecule has 0 fully saturated rings. The van der Waals surface area contributed by atoms with Gasteiger partial charge in [-0.3, -0.25) is 0 Å². The number of benzene rings is 1. The van der Waals surface area contributed by atoms with Gasteiger partial charge >= 0.3 is 0 Å². The van der Waals surface area contributed by atoms with Crippen LogP contribution in [0.1, 0.15) is 11.1 Å². The molecule has 0 aromatic heterocycles. The van der Waals surface area contributed by atoms with Crippen molar-refractivity contribution in [1.29, 1.82) is 0 Å². The summed E-state index contributed by atoms with van der Waals surface area (Å²) in [6.45, 7) is 0.506. The molecule has 1 N–H and O–H groups in total. The molecule has 0 radical (unpaired) electrons. The highest BCUT2D eigenvalue weighted by Crippen LogP contribution is 2.25. The van der Waals surface area contributed by atoms with Crippen LogP contribution in [0.4, 0.5) is 8.78 Å². The third-order valence-electron chi connectivity index (χ3n) is 2.87. The van der Waals surface area contributed by atoms with Gasteiger partial charge in [-0.05, 0) is 36.4 Å². The van der Waals surface area contributed by atoms with Crippen molar-refractivity contribution in [3.63, 3.8) is 0 Å². The second-order valence-corrected chi connectivity index (χ2v) is 4.09. The van der Waals surface area contributed by atoms with Gasteiger partial charge in [-0.2, -0.15) is 0 Å². The van der Waals surface area contributed by atoms with E-state index in [1.54, 1.807) is 0 Å². The first-order chi connectivity index (χ1) is 7.25. The molecule has 1 aromatic rings. The maximum Gasteiger partial charge on any atom is 0.250 e. The van der Waals surface area contributed by atoms with E-state index in [9.17, 15) is 8.78 Å². The van der Waals surface area contributed by atoms with Crippen LogP contribution in [0.2, 0.25) is 0 Å². The van der Waals surface area contributed by atoms with Crippen LogP contribution < -0.4 is 5.32 Å². The molecule has 82 valence electrons. The highest BCUT2D eigenvalue weighted by atomic mass is 19.3. The molecule has 0 saturated carbocycles. The minimum absolute atomic E-state index is 0.188. The zero-order valence-electron chi connectivity index (χ0n) is 8.55. The van der Waals surface area contributed by atoms with Gasteiger partial charge < -0.3 is 5.32 Å². The van der Waals surface area contributed by atoms with Crippen molar-refractivity contribution in [2.24, 2.45) is 5.92 Å². The second kappa shape index (κ2) is 4.71. The predicted molar refractivity (Wildman–Crippen MR) is 56.2 cm³/mol. The molecule has 1 nitrogen and oxygen atoms in total. The molecule has 15 heavy (non-hydrogen) atoms. The summed E-state index contributed by atoms with van der Waals surface area (Å²) < 4.78 is 23.8. The van der Waals surface area contributed by atoms with Crippen LogP contribution in [0.3, 0.4) is 0 Å². The molecule has 3 heteroatoms. The van der Waals surface area contributed by atoms with E-state index in [0.717, 1.165) is 12.8 Å². The van der Waals surface area contributed by atoms with E-state index in [1.807, 2.05) is 12.1 Å². The third kappa shape index (κ3) is 2.75. The molecule has 0 heterocycles. The van der Waals surface area contributed by atoms with E-state index < -0.39 is 6.43 Å². The van der Waals surface area contributed by atoms with Gasteiger partial charge in [0.2, 0.25) is 0 Å². The van der Waals surface area contributed by atoms with Gasteiger partial charge in [0.1, 0.15) is 0 Å².